The van der Waals surface area contributed by atoms with E-state index in [1.165, 1.54) is 12.8 Å². The Morgan fingerprint density at radius 2 is 1.94 bits per heavy atom. The van der Waals surface area contributed by atoms with E-state index >= 15 is 0 Å². The number of hydrogen-bond donors (Lipinski definition) is 2. The molecule has 1 aliphatic rings. The Morgan fingerprint density at radius 3 is 2.61 bits per heavy atom. The van der Waals surface area contributed by atoms with Gasteiger partial charge in [0.05, 0.1) is 0 Å². The van der Waals surface area contributed by atoms with Crippen LogP contribution in [0.25, 0.3) is 0 Å². The summed E-state index contributed by atoms with van der Waals surface area (Å²) >= 11 is 0. The predicted molar refractivity (Wildman–Crippen MR) is 72.7 cm³/mol. The van der Waals surface area contributed by atoms with E-state index < -0.39 is 0 Å². The molecule has 1 aromatic rings. The first-order chi connectivity index (χ1) is 8.65. The Balaban J connectivity index is 2.01. The molecule has 3 N–H and O–H groups in total. The number of hydrogen-bond acceptors (Lipinski definition) is 7. The number of nitrogen functional groups attached to an aromatic ring is 1. The van der Waals surface area contributed by atoms with Gasteiger partial charge in [-0.25, -0.2) is 0 Å². The minimum atomic E-state index is 0.277. The normalized spacial score (nSPS) is 15.4. The Hall–Kier alpha value is -1.63. The number of rotatable bonds is 5. The van der Waals surface area contributed by atoms with Gasteiger partial charge in [0.2, 0.25) is 17.8 Å². The van der Waals surface area contributed by atoms with E-state index in [1.54, 1.807) is 0 Å². The molecule has 1 saturated heterocycles. The summed E-state index contributed by atoms with van der Waals surface area (Å²) < 4.78 is 0. The fraction of sp³-hybridized carbons (Fsp3) is 0.727. The van der Waals surface area contributed by atoms with Crippen LogP contribution in [0.5, 0.6) is 0 Å². The fourth-order valence-corrected chi connectivity index (χ4v) is 1.91. The number of nitrogens with two attached hydrogens (primary N) is 1. The molecular weight excluding hydrogens is 230 g/mol. The van der Waals surface area contributed by atoms with E-state index in [-0.39, 0.29) is 5.95 Å². The summed E-state index contributed by atoms with van der Waals surface area (Å²) in [5, 5.41) is 3.17. The molecule has 0 unspecified atom stereocenters. The fourth-order valence-electron chi connectivity index (χ4n) is 1.91. The van der Waals surface area contributed by atoms with Crippen molar-refractivity contribution in [2.75, 3.05) is 56.2 Å². The van der Waals surface area contributed by atoms with Crippen LogP contribution in [0.4, 0.5) is 17.8 Å². The van der Waals surface area contributed by atoms with E-state index in [4.69, 9.17) is 5.73 Å². The standard InChI is InChI=1S/C11H21N7/c1-17(2)8-5-13-10-14-9(12)15-11(16-10)18-6-3-4-7-18/h3-8H2,1-2H3,(H3,12,13,14,15,16). The Bertz CT molecular complexity index is 387. The average Bonchev–Trinajstić information content (AvgIpc) is 2.81. The summed E-state index contributed by atoms with van der Waals surface area (Å²) in [6, 6.07) is 0. The van der Waals surface area contributed by atoms with Gasteiger partial charge in [-0.15, -0.1) is 0 Å². The zero-order chi connectivity index (χ0) is 13.0. The molecule has 2 heterocycles. The van der Waals surface area contributed by atoms with Crippen LogP contribution in [0.15, 0.2) is 0 Å². The summed E-state index contributed by atoms with van der Waals surface area (Å²) in [5.41, 5.74) is 5.72. The van der Waals surface area contributed by atoms with Gasteiger partial charge >= 0.3 is 0 Å². The first-order valence-corrected chi connectivity index (χ1v) is 6.30. The molecule has 0 bridgehead atoms. The lowest BCUT2D eigenvalue weighted by molar-refractivity contribution is 0.425. The topological polar surface area (TPSA) is 83.2 Å². The van der Waals surface area contributed by atoms with E-state index in [2.05, 4.69) is 30.1 Å². The molecule has 0 aliphatic carbocycles. The minimum absolute atomic E-state index is 0.277. The molecule has 1 aromatic heterocycles. The van der Waals surface area contributed by atoms with Crippen molar-refractivity contribution >= 4 is 17.8 Å². The maximum Gasteiger partial charge on any atom is 0.231 e. The van der Waals surface area contributed by atoms with Crippen LogP contribution in [0, 0.1) is 0 Å². The molecular formula is C11H21N7. The maximum absolute atomic E-state index is 5.72. The van der Waals surface area contributed by atoms with Crippen LogP contribution < -0.4 is 16.0 Å². The third-order valence-corrected chi connectivity index (χ3v) is 2.87. The number of aromatic nitrogens is 3. The quantitative estimate of drug-likeness (QED) is 0.763. The van der Waals surface area contributed by atoms with E-state index in [0.717, 1.165) is 26.2 Å². The number of likely N-dealkylation sites (N-methyl/N-ethyl adjacent to an activating group) is 1. The van der Waals surface area contributed by atoms with Gasteiger partial charge < -0.3 is 20.9 Å². The highest BCUT2D eigenvalue weighted by molar-refractivity contribution is 5.42. The molecule has 0 saturated carbocycles. The SMILES string of the molecule is CN(C)CCNc1nc(N)nc(N2CCCC2)n1. The zero-order valence-corrected chi connectivity index (χ0v) is 11.1. The van der Waals surface area contributed by atoms with Crippen LogP contribution >= 0.6 is 0 Å². The summed E-state index contributed by atoms with van der Waals surface area (Å²) in [5.74, 6) is 1.53. The lowest BCUT2D eigenvalue weighted by Crippen LogP contribution is -2.24. The molecule has 18 heavy (non-hydrogen) atoms. The molecule has 0 atom stereocenters. The molecule has 7 nitrogen and oxygen atoms in total. The Labute approximate surface area is 107 Å². The third-order valence-electron chi connectivity index (χ3n) is 2.87. The van der Waals surface area contributed by atoms with Gasteiger partial charge in [0.15, 0.2) is 0 Å². The van der Waals surface area contributed by atoms with Crippen molar-refractivity contribution < 1.29 is 0 Å². The van der Waals surface area contributed by atoms with Crippen LogP contribution in [0.3, 0.4) is 0 Å². The van der Waals surface area contributed by atoms with Gasteiger partial charge in [-0.2, -0.15) is 15.0 Å². The monoisotopic (exact) mass is 251 g/mol. The molecule has 0 amide bonds. The van der Waals surface area contributed by atoms with Crippen molar-refractivity contribution in [2.24, 2.45) is 0 Å². The van der Waals surface area contributed by atoms with E-state index in [0.29, 0.717) is 11.9 Å². The van der Waals surface area contributed by atoms with Gasteiger partial charge in [0.25, 0.3) is 0 Å². The Kier molecular flexibility index (Phi) is 4.14. The minimum Gasteiger partial charge on any atom is -0.368 e. The molecule has 0 radical (unpaired) electrons. The van der Waals surface area contributed by atoms with Gasteiger partial charge in [-0.1, -0.05) is 0 Å². The predicted octanol–water partition coefficient (Wildman–Crippen LogP) is 0.0275. The lowest BCUT2D eigenvalue weighted by Gasteiger charge is -2.16. The average molecular weight is 251 g/mol. The first-order valence-electron chi connectivity index (χ1n) is 6.30. The molecule has 1 fully saturated rings. The third kappa shape index (κ3) is 3.43. The van der Waals surface area contributed by atoms with E-state index in [9.17, 15) is 0 Å². The second kappa shape index (κ2) is 5.81. The lowest BCUT2D eigenvalue weighted by atomic mass is 10.4. The highest BCUT2D eigenvalue weighted by Gasteiger charge is 2.16. The molecule has 0 aromatic carbocycles. The molecule has 1 aliphatic heterocycles. The van der Waals surface area contributed by atoms with Gasteiger partial charge in [-0.3, -0.25) is 0 Å². The highest BCUT2D eigenvalue weighted by atomic mass is 15.3. The molecule has 7 heteroatoms. The maximum atomic E-state index is 5.72. The number of nitrogens with one attached hydrogen (secondary N) is 1. The van der Waals surface area contributed by atoms with Crippen molar-refractivity contribution in [3.8, 4) is 0 Å². The first kappa shape index (κ1) is 12.8. The van der Waals surface area contributed by atoms with Crippen molar-refractivity contribution in [3.63, 3.8) is 0 Å². The Morgan fingerprint density at radius 1 is 1.22 bits per heavy atom. The van der Waals surface area contributed by atoms with Crippen LogP contribution in [0.1, 0.15) is 12.8 Å². The van der Waals surface area contributed by atoms with Crippen LogP contribution in [-0.4, -0.2) is 60.1 Å². The van der Waals surface area contributed by atoms with Gasteiger partial charge in [0, 0.05) is 26.2 Å². The van der Waals surface area contributed by atoms with E-state index in [1.807, 2.05) is 14.1 Å². The molecule has 100 valence electrons. The van der Waals surface area contributed by atoms with Gasteiger partial charge in [0.1, 0.15) is 0 Å². The smallest absolute Gasteiger partial charge is 0.231 e. The van der Waals surface area contributed by atoms with Crippen molar-refractivity contribution in [2.45, 2.75) is 12.8 Å². The summed E-state index contributed by atoms with van der Waals surface area (Å²) in [6.07, 6.45) is 2.38. The number of anilines is 3. The van der Waals surface area contributed by atoms with Gasteiger partial charge in [-0.05, 0) is 26.9 Å². The summed E-state index contributed by atoms with van der Waals surface area (Å²) in [4.78, 5) is 16.9. The molecule has 0 spiro atoms. The van der Waals surface area contributed by atoms with Crippen molar-refractivity contribution in [1.82, 2.24) is 19.9 Å². The second-order valence-corrected chi connectivity index (χ2v) is 4.74. The summed E-state index contributed by atoms with van der Waals surface area (Å²) in [6.45, 7) is 3.71. The highest BCUT2D eigenvalue weighted by Crippen LogP contribution is 2.17. The largest absolute Gasteiger partial charge is 0.368 e. The zero-order valence-electron chi connectivity index (χ0n) is 11.1. The second-order valence-electron chi connectivity index (χ2n) is 4.74. The van der Waals surface area contributed by atoms with Crippen LogP contribution in [-0.2, 0) is 0 Å². The molecule has 2 rings (SSSR count). The summed E-state index contributed by atoms with van der Waals surface area (Å²) in [7, 11) is 4.05. The van der Waals surface area contributed by atoms with Crippen molar-refractivity contribution in [1.29, 1.82) is 0 Å². The van der Waals surface area contributed by atoms with Crippen molar-refractivity contribution in [3.05, 3.63) is 0 Å². The van der Waals surface area contributed by atoms with Crippen LogP contribution in [0.2, 0.25) is 0 Å². The number of nitrogens with zero attached hydrogens (tertiary/aromatic N) is 5.